The highest BCUT2D eigenvalue weighted by Crippen LogP contribution is 2.23. The van der Waals surface area contributed by atoms with Crippen molar-refractivity contribution in [2.24, 2.45) is 0 Å². The summed E-state index contributed by atoms with van der Waals surface area (Å²) >= 11 is 1.52. The van der Waals surface area contributed by atoms with Gasteiger partial charge in [-0.2, -0.15) is 0 Å². The van der Waals surface area contributed by atoms with Crippen LogP contribution in [0.25, 0.3) is 0 Å². The molecule has 0 atom stereocenters. The SMILES string of the molecule is CSN1CNC(=O)c2cncnc21. The summed E-state index contributed by atoms with van der Waals surface area (Å²) in [4.78, 5) is 19.2. The van der Waals surface area contributed by atoms with Crippen molar-refractivity contribution in [2.75, 3.05) is 17.2 Å². The number of aromatic nitrogens is 2. The quantitative estimate of drug-likeness (QED) is 0.653. The lowest BCUT2D eigenvalue weighted by Crippen LogP contribution is -2.40. The van der Waals surface area contributed by atoms with E-state index in [9.17, 15) is 4.79 Å². The highest BCUT2D eigenvalue weighted by Gasteiger charge is 2.23. The van der Waals surface area contributed by atoms with Crippen LogP contribution in [0.3, 0.4) is 0 Å². The Morgan fingerprint density at radius 3 is 3.31 bits per heavy atom. The van der Waals surface area contributed by atoms with Gasteiger partial charge in [-0.05, 0) is 0 Å². The van der Waals surface area contributed by atoms with E-state index in [0.717, 1.165) is 0 Å². The van der Waals surface area contributed by atoms with Gasteiger partial charge in [-0.3, -0.25) is 9.10 Å². The molecule has 0 saturated heterocycles. The monoisotopic (exact) mass is 196 g/mol. The molecule has 0 aliphatic carbocycles. The van der Waals surface area contributed by atoms with Crippen LogP contribution in [0.2, 0.25) is 0 Å². The topological polar surface area (TPSA) is 58.1 Å². The number of anilines is 1. The number of fused-ring (bicyclic) bond motifs is 1. The molecule has 6 heteroatoms. The van der Waals surface area contributed by atoms with Crippen LogP contribution in [-0.2, 0) is 0 Å². The predicted molar refractivity (Wildman–Crippen MR) is 50.4 cm³/mol. The number of nitrogens with one attached hydrogen (secondary N) is 1. The number of nitrogens with zero attached hydrogens (tertiary/aromatic N) is 3. The summed E-state index contributed by atoms with van der Waals surface area (Å²) in [6, 6.07) is 0. The molecule has 0 saturated carbocycles. The van der Waals surface area contributed by atoms with Crippen LogP contribution in [0.4, 0.5) is 5.82 Å². The summed E-state index contributed by atoms with van der Waals surface area (Å²) in [7, 11) is 0. The van der Waals surface area contributed by atoms with E-state index in [1.54, 1.807) is 0 Å². The van der Waals surface area contributed by atoms with E-state index >= 15 is 0 Å². The van der Waals surface area contributed by atoms with Crippen molar-refractivity contribution in [1.29, 1.82) is 0 Å². The second-order valence-electron chi connectivity index (χ2n) is 2.49. The number of hydrogen-bond donors (Lipinski definition) is 1. The molecule has 2 rings (SSSR count). The first-order valence-electron chi connectivity index (χ1n) is 3.73. The van der Waals surface area contributed by atoms with Gasteiger partial charge in [0.15, 0.2) is 5.82 Å². The maximum atomic E-state index is 11.3. The molecular formula is C7H8N4OS. The van der Waals surface area contributed by atoms with Gasteiger partial charge in [0.05, 0.1) is 0 Å². The van der Waals surface area contributed by atoms with Crippen LogP contribution < -0.4 is 9.62 Å². The first-order chi connectivity index (χ1) is 6.33. The van der Waals surface area contributed by atoms with Gasteiger partial charge in [0.1, 0.15) is 18.6 Å². The van der Waals surface area contributed by atoms with Crippen molar-refractivity contribution < 1.29 is 4.79 Å². The van der Waals surface area contributed by atoms with Gasteiger partial charge in [-0.15, -0.1) is 0 Å². The highest BCUT2D eigenvalue weighted by atomic mass is 32.2. The standard InChI is InChI=1S/C7H8N4OS/c1-13-11-4-10-7(12)5-2-8-3-9-6(5)11/h2-3H,4H2,1H3,(H,10,12). The van der Waals surface area contributed by atoms with Crippen LogP contribution in [0.5, 0.6) is 0 Å². The van der Waals surface area contributed by atoms with E-state index < -0.39 is 0 Å². The van der Waals surface area contributed by atoms with Gasteiger partial charge in [-0.1, -0.05) is 11.9 Å². The molecule has 0 spiro atoms. The van der Waals surface area contributed by atoms with Crippen LogP contribution in [-0.4, -0.2) is 28.8 Å². The fraction of sp³-hybridized carbons (Fsp3) is 0.286. The summed E-state index contributed by atoms with van der Waals surface area (Å²) in [5, 5.41) is 2.73. The van der Waals surface area contributed by atoms with Crippen LogP contribution in [0.1, 0.15) is 10.4 Å². The zero-order chi connectivity index (χ0) is 9.26. The van der Waals surface area contributed by atoms with Gasteiger partial charge in [0, 0.05) is 12.5 Å². The van der Waals surface area contributed by atoms with Crippen molar-refractivity contribution in [2.45, 2.75) is 0 Å². The third-order valence-electron chi connectivity index (χ3n) is 1.78. The molecule has 1 aromatic heterocycles. The van der Waals surface area contributed by atoms with Gasteiger partial charge in [-0.25, -0.2) is 9.97 Å². The summed E-state index contributed by atoms with van der Waals surface area (Å²) < 4.78 is 1.90. The Kier molecular flexibility index (Phi) is 2.05. The summed E-state index contributed by atoms with van der Waals surface area (Å²) in [5.41, 5.74) is 0.531. The normalized spacial score (nSPS) is 15.2. The highest BCUT2D eigenvalue weighted by molar-refractivity contribution is 7.99. The van der Waals surface area contributed by atoms with Crippen LogP contribution in [0.15, 0.2) is 12.5 Å². The number of carbonyl (C=O) groups excluding carboxylic acids is 1. The smallest absolute Gasteiger partial charge is 0.258 e. The summed E-state index contributed by atoms with van der Waals surface area (Å²) in [5.74, 6) is 0.576. The van der Waals surface area contributed by atoms with Gasteiger partial charge in [0.25, 0.3) is 5.91 Å². The van der Waals surface area contributed by atoms with Crippen LogP contribution in [0, 0.1) is 0 Å². The van der Waals surface area contributed by atoms with Crippen molar-refractivity contribution >= 4 is 23.7 Å². The van der Waals surface area contributed by atoms with Crippen molar-refractivity contribution in [3.63, 3.8) is 0 Å². The van der Waals surface area contributed by atoms with E-state index in [4.69, 9.17) is 0 Å². The molecule has 0 radical (unpaired) electrons. The van der Waals surface area contributed by atoms with E-state index in [1.165, 1.54) is 24.5 Å². The molecule has 1 aliphatic heterocycles. The van der Waals surface area contributed by atoms with Gasteiger partial charge in [0.2, 0.25) is 0 Å². The number of amides is 1. The number of hydrogen-bond acceptors (Lipinski definition) is 5. The second kappa shape index (κ2) is 3.21. The molecule has 0 aromatic carbocycles. The first-order valence-corrected chi connectivity index (χ1v) is 4.91. The third-order valence-corrected chi connectivity index (χ3v) is 2.52. The molecule has 1 aliphatic rings. The summed E-state index contributed by atoms with van der Waals surface area (Å²) in [6.45, 7) is 0.490. The Labute approximate surface area is 79.7 Å². The fourth-order valence-electron chi connectivity index (χ4n) is 1.15. The molecule has 1 aromatic rings. The molecule has 1 amide bonds. The predicted octanol–water partition coefficient (Wildman–Crippen LogP) is 0.262. The van der Waals surface area contributed by atoms with E-state index in [0.29, 0.717) is 18.1 Å². The Bertz CT molecular complexity index is 343. The van der Waals surface area contributed by atoms with E-state index in [-0.39, 0.29) is 5.91 Å². The molecule has 13 heavy (non-hydrogen) atoms. The average Bonchev–Trinajstić information content (AvgIpc) is 2.19. The average molecular weight is 196 g/mol. The third kappa shape index (κ3) is 1.33. The zero-order valence-electron chi connectivity index (χ0n) is 7.02. The molecule has 0 bridgehead atoms. The molecule has 68 valence electrons. The Hall–Kier alpha value is -1.30. The largest absolute Gasteiger partial charge is 0.333 e. The summed E-state index contributed by atoms with van der Waals surface area (Å²) in [6.07, 6.45) is 4.91. The minimum absolute atomic E-state index is 0.110. The second-order valence-corrected chi connectivity index (χ2v) is 3.29. The Morgan fingerprint density at radius 1 is 1.69 bits per heavy atom. The fourth-order valence-corrected chi connectivity index (χ4v) is 1.66. The lowest BCUT2D eigenvalue weighted by molar-refractivity contribution is 0.0949. The maximum Gasteiger partial charge on any atom is 0.258 e. The molecule has 1 N–H and O–H groups in total. The lowest BCUT2D eigenvalue weighted by Gasteiger charge is -2.26. The van der Waals surface area contributed by atoms with Gasteiger partial charge >= 0.3 is 0 Å². The molecule has 5 nitrogen and oxygen atoms in total. The van der Waals surface area contributed by atoms with E-state index in [1.807, 2.05) is 10.6 Å². The Morgan fingerprint density at radius 2 is 2.54 bits per heavy atom. The molecule has 0 unspecified atom stereocenters. The maximum absolute atomic E-state index is 11.3. The number of carbonyl (C=O) groups is 1. The molecular weight excluding hydrogens is 188 g/mol. The zero-order valence-corrected chi connectivity index (χ0v) is 7.84. The van der Waals surface area contributed by atoms with Crippen molar-refractivity contribution in [3.8, 4) is 0 Å². The first kappa shape index (κ1) is 8.31. The number of rotatable bonds is 1. The molecule has 0 fully saturated rings. The minimum atomic E-state index is -0.110. The molecule has 2 heterocycles. The van der Waals surface area contributed by atoms with E-state index in [2.05, 4.69) is 15.3 Å². The van der Waals surface area contributed by atoms with Crippen molar-refractivity contribution in [1.82, 2.24) is 15.3 Å². The van der Waals surface area contributed by atoms with Crippen molar-refractivity contribution in [3.05, 3.63) is 18.1 Å². The minimum Gasteiger partial charge on any atom is -0.333 e. The van der Waals surface area contributed by atoms with Crippen LogP contribution >= 0.6 is 11.9 Å². The van der Waals surface area contributed by atoms with Gasteiger partial charge < -0.3 is 5.32 Å². The Balaban J connectivity index is 2.47. The lowest BCUT2D eigenvalue weighted by atomic mass is 10.2.